The maximum atomic E-state index is 13.1. The fraction of sp³-hybridized carbons (Fsp3) is 0.176. The topological polar surface area (TPSA) is 79.0 Å². The van der Waals surface area contributed by atoms with Crippen LogP contribution in [0, 0.1) is 0 Å². The molecule has 6 nitrogen and oxygen atoms in total. The lowest BCUT2D eigenvalue weighted by Crippen LogP contribution is -2.35. The molecular weight excluding hydrogens is 356 g/mol. The van der Waals surface area contributed by atoms with Crippen molar-refractivity contribution < 1.29 is 8.42 Å². The van der Waals surface area contributed by atoms with E-state index in [0.717, 1.165) is 32.2 Å². The molecule has 0 fully saturated rings. The van der Waals surface area contributed by atoms with E-state index in [2.05, 4.69) is 15.2 Å². The first-order valence-electron chi connectivity index (χ1n) is 7.91. The van der Waals surface area contributed by atoms with Crippen LogP contribution < -0.4 is 0 Å². The zero-order chi connectivity index (χ0) is 17.0. The van der Waals surface area contributed by atoms with Crippen LogP contribution in [0.4, 0.5) is 0 Å². The number of aromatic nitrogens is 3. The summed E-state index contributed by atoms with van der Waals surface area (Å²) in [5.74, 6) is 0. The monoisotopic (exact) mass is 370 g/mol. The van der Waals surface area contributed by atoms with Crippen LogP contribution in [-0.4, -0.2) is 34.4 Å². The Morgan fingerprint density at radius 2 is 2.08 bits per heavy atom. The van der Waals surface area contributed by atoms with Gasteiger partial charge in [0.25, 0.3) is 10.0 Å². The lowest BCUT2D eigenvalue weighted by Gasteiger charge is -2.27. The second-order valence-corrected chi connectivity index (χ2v) is 9.33. The molecule has 8 heteroatoms. The number of pyridine rings is 1. The van der Waals surface area contributed by atoms with Crippen molar-refractivity contribution in [1.29, 1.82) is 0 Å². The molecule has 0 unspecified atom stereocenters. The highest BCUT2D eigenvalue weighted by Crippen LogP contribution is 2.33. The quantitative estimate of drug-likeness (QED) is 0.588. The highest BCUT2D eigenvalue weighted by molar-refractivity contribution is 7.91. The number of benzene rings is 1. The van der Waals surface area contributed by atoms with Gasteiger partial charge in [-0.25, -0.2) is 13.4 Å². The molecule has 0 saturated heterocycles. The van der Waals surface area contributed by atoms with E-state index in [0.29, 0.717) is 23.7 Å². The van der Waals surface area contributed by atoms with Crippen LogP contribution >= 0.6 is 11.3 Å². The summed E-state index contributed by atoms with van der Waals surface area (Å²) < 4.78 is 29.1. The van der Waals surface area contributed by atoms with Gasteiger partial charge in [0.15, 0.2) is 5.65 Å². The molecule has 4 heterocycles. The van der Waals surface area contributed by atoms with Gasteiger partial charge < -0.3 is 0 Å². The number of nitrogens with one attached hydrogen (secondary N) is 1. The van der Waals surface area contributed by atoms with Crippen LogP contribution in [0.3, 0.4) is 0 Å². The molecule has 0 spiro atoms. The highest BCUT2D eigenvalue weighted by atomic mass is 32.2. The molecule has 0 saturated carbocycles. The Labute approximate surface area is 148 Å². The highest BCUT2D eigenvalue weighted by Gasteiger charge is 2.30. The first-order chi connectivity index (χ1) is 12.1. The predicted octanol–water partition coefficient (Wildman–Crippen LogP) is 2.92. The minimum absolute atomic E-state index is 0.347. The molecule has 0 amide bonds. The smallest absolute Gasteiger partial charge is 0.252 e. The summed E-state index contributed by atoms with van der Waals surface area (Å²) >= 11 is 1.32. The standard InChI is InChI=1S/C17H14N4O2S2/c22-25(23,16-7-11-3-1-2-4-15(11)24-16)21-6-5-13-12(10-21)8-18-17-14(13)9-19-20-17/h1-4,7-9H,5-6,10H2,(H,18,19,20). The summed E-state index contributed by atoms with van der Waals surface area (Å²) in [7, 11) is -3.51. The lowest BCUT2D eigenvalue weighted by molar-refractivity contribution is 0.393. The molecule has 0 atom stereocenters. The summed E-state index contributed by atoms with van der Waals surface area (Å²) in [6.07, 6.45) is 4.18. The third-order valence-electron chi connectivity index (χ3n) is 4.64. The van der Waals surface area contributed by atoms with Crippen molar-refractivity contribution in [2.45, 2.75) is 17.2 Å². The number of rotatable bonds is 2. The second kappa shape index (κ2) is 5.35. The third kappa shape index (κ3) is 2.29. The number of hydrogen-bond donors (Lipinski definition) is 1. The van der Waals surface area contributed by atoms with Gasteiger partial charge in [0, 0.05) is 29.4 Å². The van der Waals surface area contributed by atoms with E-state index < -0.39 is 10.0 Å². The van der Waals surface area contributed by atoms with Crippen molar-refractivity contribution in [3.63, 3.8) is 0 Å². The molecule has 1 aliphatic heterocycles. The molecule has 0 bridgehead atoms. The first kappa shape index (κ1) is 15.0. The predicted molar refractivity (Wildman–Crippen MR) is 97.0 cm³/mol. The van der Waals surface area contributed by atoms with Gasteiger partial charge in [0.1, 0.15) is 4.21 Å². The molecule has 1 N–H and O–H groups in total. The van der Waals surface area contributed by atoms with E-state index in [-0.39, 0.29) is 0 Å². The second-order valence-electron chi connectivity index (χ2n) is 6.09. The van der Waals surface area contributed by atoms with Gasteiger partial charge in [-0.05, 0) is 35.1 Å². The Morgan fingerprint density at radius 1 is 1.20 bits per heavy atom. The normalized spacial score (nSPS) is 15.7. The van der Waals surface area contributed by atoms with E-state index in [1.807, 2.05) is 24.3 Å². The fourth-order valence-electron chi connectivity index (χ4n) is 3.35. The van der Waals surface area contributed by atoms with Crippen LogP contribution in [0.5, 0.6) is 0 Å². The minimum Gasteiger partial charge on any atom is -0.261 e. The van der Waals surface area contributed by atoms with Gasteiger partial charge in [-0.3, -0.25) is 5.10 Å². The van der Waals surface area contributed by atoms with Crippen LogP contribution in [0.25, 0.3) is 21.1 Å². The van der Waals surface area contributed by atoms with Crippen molar-refractivity contribution in [2.24, 2.45) is 0 Å². The van der Waals surface area contributed by atoms with Crippen molar-refractivity contribution in [3.8, 4) is 0 Å². The molecule has 5 rings (SSSR count). The summed E-state index contributed by atoms with van der Waals surface area (Å²) in [6.45, 7) is 0.813. The van der Waals surface area contributed by atoms with Gasteiger partial charge in [-0.1, -0.05) is 18.2 Å². The summed E-state index contributed by atoms with van der Waals surface area (Å²) in [5, 5.41) is 8.84. The zero-order valence-electron chi connectivity index (χ0n) is 13.1. The summed E-state index contributed by atoms with van der Waals surface area (Å²) in [4.78, 5) is 4.34. The Kier molecular flexibility index (Phi) is 3.21. The van der Waals surface area contributed by atoms with Crippen molar-refractivity contribution in [2.75, 3.05) is 6.54 Å². The average molecular weight is 370 g/mol. The molecule has 3 aromatic heterocycles. The van der Waals surface area contributed by atoms with Gasteiger partial charge >= 0.3 is 0 Å². The number of thiophene rings is 1. The van der Waals surface area contributed by atoms with Gasteiger partial charge in [0.2, 0.25) is 0 Å². The molecule has 1 aliphatic rings. The summed E-state index contributed by atoms with van der Waals surface area (Å²) in [6, 6.07) is 9.50. The molecule has 25 heavy (non-hydrogen) atoms. The van der Waals surface area contributed by atoms with E-state index in [1.54, 1.807) is 22.8 Å². The van der Waals surface area contributed by atoms with Crippen molar-refractivity contribution in [1.82, 2.24) is 19.5 Å². The van der Waals surface area contributed by atoms with Gasteiger partial charge in [0.05, 0.1) is 6.20 Å². The van der Waals surface area contributed by atoms with Crippen LogP contribution in [0.15, 0.2) is 46.9 Å². The number of sulfonamides is 1. The van der Waals surface area contributed by atoms with Crippen LogP contribution in [0.1, 0.15) is 11.1 Å². The zero-order valence-corrected chi connectivity index (χ0v) is 14.8. The number of nitrogens with zero attached hydrogens (tertiary/aromatic N) is 3. The van der Waals surface area contributed by atoms with Crippen LogP contribution in [0.2, 0.25) is 0 Å². The Bertz CT molecular complexity index is 1180. The third-order valence-corrected chi connectivity index (χ3v) is 8.05. The first-order valence-corrected chi connectivity index (χ1v) is 10.2. The maximum absolute atomic E-state index is 13.1. The number of fused-ring (bicyclic) bond motifs is 4. The average Bonchev–Trinajstić information content (AvgIpc) is 3.28. The molecule has 0 aliphatic carbocycles. The van der Waals surface area contributed by atoms with E-state index in [1.165, 1.54) is 11.3 Å². The van der Waals surface area contributed by atoms with E-state index >= 15 is 0 Å². The fourth-order valence-corrected chi connectivity index (χ4v) is 6.32. The molecular formula is C17H14N4O2S2. The maximum Gasteiger partial charge on any atom is 0.252 e. The molecule has 4 aromatic rings. The van der Waals surface area contributed by atoms with Gasteiger partial charge in [-0.15, -0.1) is 11.3 Å². The number of H-pyrrole nitrogens is 1. The molecule has 0 radical (unpaired) electrons. The van der Waals surface area contributed by atoms with Gasteiger partial charge in [-0.2, -0.15) is 9.40 Å². The van der Waals surface area contributed by atoms with Crippen LogP contribution in [-0.2, 0) is 23.0 Å². The molecule has 126 valence electrons. The Morgan fingerprint density at radius 3 is 2.96 bits per heavy atom. The van der Waals surface area contributed by atoms with E-state index in [4.69, 9.17) is 0 Å². The van der Waals surface area contributed by atoms with E-state index in [9.17, 15) is 8.42 Å². The molecule has 1 aromatic carbocycles. The summed E-state index contributed by atoms with van der Waals surface area (Å²) in [5.41, 5.74) is 2.84. The van der Waals surface area contributed by atoms with Crippen molar-refractivity contribution >= 4 is 42.5 Å². The largest absolute Gasteiger partial charge is 0.261 e. The number of aromatic amines is 1. The Hall–Kier alpha value is -2.29. The Balaban J connectivity index is 1.54. The number of hydrogen-bond acceptors (Lipinski definition) is 5. The minimum atomic E-state index is -3.51. The lowest BCUT2D eigenvalue weighted by atomic mass is 10.0. The SMILES string of the molecule is O=S(=O)(c1cc2ccccc2s1)N1CCc2c(cnc3[nH]ncc23)C1. The van der Waals surface area contributed by atoms with Crippen molar-refractivity contribution in [3.05, 3.63) is 53.9 Å².